The van der Waals surface area contributed by atoms with E-state index < -0.39 is 0 Å². The third-order valence-corrected chi connectivity index (χ3v) is 2.99. The van der Waals surface area contributed by atoms with Crippen molar-refractivity contribution in [2.24, 2.45) is 0 Å². The SMILES string of the molecule is C=CCCCCCCCC/C=C(/C=C\C)C(=O)OC. The first-order chi connectivity index (χ1) is 9.26. The van der Waals surface area contributed by atoms with Crippen LogP contribution in [0.4, 0.5) is 0 Å². The Bertz CT molecular complexity index is 300. The van der Waals surface area contributed by atoms with E-state index in [1.54, 1.807) is 6.08 Å². The fraction of sp³-hybridized carbons (Fsp3) is 0.588. The van der Waals surface area contributed by atoms with Gasteiger partial charge in [-0.2, -0.15) is 0 Å². The maximum absolute atomic E-state index is 11.4. The molecule has 0 aliphatic carbocycles. The van der Waals surface area contributed by atoms with Crippen LogP contribution in [0.3, 0.4) is 0 Å². The Labute approximate surface area is 118 Å². The Morgan fingerprint density at radius 2 is 1.63 bits per heavy atom. The summed E-state index contributed by atoms with van der Waals surface area (Å²) in [7, 11) is 1.42. The van der Waals surface area contributed by atoms with Crippen molar-refractivity contribution >= 4 is 5.97 Å². The molecule has 0 amide bonds. The summed E-state index contributed by atoms with van der Waals surface area (Å²) in [6.45, 7) is 5.62. The quantitative estimate of drug-likeness (QED) is 0.173. The number of carbonyl (C=O) groups is 1. The monoisotopic (exact) mass is 264 g/mol. The van der Waals surface area contributed by atoms with E-state index in [0.29, 0.717) is 5.57 Å². The van der Waals surface area contributed by atoms with Crippen LogP contribution < -0.4 is 0 Å². The van der Waals surface area contributed by atoms with Crippen LogP contribution in [0, 0.1) is 0 Å². The lowest BCUT2D eigenvalue weighted by molar-refractivity contribution is -0.135. The zero-order valence-corrected chi connectivity index (χ0v) is 12.5. The minimum Gasteiger partial charge on any atom is -0.465 e. The topological polar surface area (TPSA) is 26.3 Å². The Morgan fingerprint density at radius 3 is 2.16 bits per heavy atom. The van der Waals surface area contributed by atoms with Crippen LogP contribution in [0.5, 0.6) is 0 Å². The molecule has 0 N–H and O–H groups in total. The number of hydrogen-bond acceptors (Lipinski definition) is 2. The molecule has 0 bridgehead atoms. The average molecular weight is 264 g/mol. The number of ether oxygens (including phenoxy) is 1. The summed E-state index contributed by atoms with van der Waals surface area (Å²) in [6, 6.07) is 0. The fourth-order valence-electron chi connectivity index (χ4n) is 1.91. The van der Waals surface area contributed by atoms with Gasteiger partial charge in [0.1, 0.15) is 0 Å². The smallest absolute Gasteiger partial charge is 0.337 e. The van der Waals surface area contributed by atoms with Gasteiger partial charge in [0, 0.05) is 0 Å². The van der Waals surface area contributed by atoms with Gasteiger partial charge in [-0.25, -0.2) is 4.79 Å². The summed E-state index contributed by atoms with van der Waals surface area (Å²) >= 11 is 0. The first-order valence-electron chi connectivity index (χ1n) is 7.28. The van der Waals surface area contributed by atoms with Gasteiger partial charge < -0.3 is 4.74 Å². The molecule has 2 nitrogen and oxygen atoms in total. The van der Waals surface area contributed by atoms with Gasteiger partial charge in [0.15, 0.2) is 0 Å². The van der Waals surface area contributed by atoms with Crippen LogP contribution in [0.15, 0.2) is 36.5 Å². The molecule has 0 rings (SSSR count). The summed E-state index contributed by atoms with van der Waals surface area (Å²) < 4.78 is 4.73. The van der Waals surface area contributed by atoms with E-state index in [4.69, 9.17) is 4.74 Å². The normalized spacial score (nSPS) is 11.8. The van der Waals surface area contributed by atoms with Crippen molar-refractivity contribution in [3.05, 3.63) is 36.5 Å². The van der Waals surface area contributed by atoms with Crippen molar-refractivity contribution in [1.29, 1.82) is 0 Å². The van der Waals surface area contributed by atoms with Crippen molar-refractivity contribution in [2.75, 3.05) is 7.11 Å². The largest absolute Gasteiger partial charge is 0.465 e. The number of rotatable bonds is 11. The molecule has 0 radical (unpaired) electrons. The molecule has 2 heteroatoms. The van der Waals surface area contributed by atoms with Gasteiger partial charge in [-0.05, 0) is 32.6 Å². The lowest BCUT2D eigenvalue weighted by Gasteiger charge is -2.01. The first-order valence-corrected chi connectivity index (χ1v) is 7.28. The Morgan fingerprint density at radius 1 is 1.05 bits per heavy atom. The van der Waals surface area contributed by atoms with E-state index in [1.807, 2.05) is 25.2 Å². The van der Waals surface area contributed by atoms with Crippen LogP contribution in [0.1, 0.15) is 58.3 Å². The van der Waals surface area contributed by atoms with Gasteiger partial charge in [0.05, 0.1) is 12.7 Å². The molecule has 0 aliphatic heterocycles. The average Bonchev–Trinajstić information content (AvgIpc) is 2.43. The van der Waals surface area contributed by atoms with Crippen molar-refractivity contribution in [1.82, 2.24) is 0 Å². The summed E-state index contributed by atoms with van der Waals surface area (Å²) in [5.41, 5.74) is 0.663. The fourth-order valence-corrected chi connectivity index (χ4v) is 1.91. The zero-order valence-electron chi connectivity index (χ0n) is 12.5. The van der Waals surface area contributed by atoms with E-state index in [-0.39, 0.29) is 5.97 Å². The number of hydrogen-bond donors (Lipinski definition) is 0. The highest BCUT2D eigenvalue weighted by atomic mass is 16.5. The van der Waals surface area contributed by atoms with Crippen LogP contribution in [0.25, 0.3) is 0 Å². The molecule has 0 unspecified atom stereocenters. The molecule has 108 valence electrons. The second-order valence-electron chi connectivity index (χ2n) is 4.64. The van der Waals surface area contributed by atoms with Gasteiger partial charge in [0.25, 0.3) is 0 Å². The Kier molecular flexibility index (Phi) is 12.2. The summed E-state index contributed by atoms with van der Waals surface area (Å²) in [5.74, 6) is -0.248. The molecule has 0 saturated carbocycles. The van der Waals surface area contributed by atoms with E-state index in [1.165, 1.54) is 39.2 Å². The van der Waals surface area contributed by atoms with Crippen molar-refractivity contribution in [3.63, 3.8) is 0 Å². The number of esters is 1. The predicted molar refractivity (Wildman–Crippen MR) is 82.0 cm³/mol. The lowest BCUT2D eigenvalue weighted by atomic mass is 10.1. The van der Waals surface area contributed by atoms with Gasteiger partial charge in [0.2, 0.25) is 0 Å². The van der Waals surface area contributed by atoms with Crippen LogP contribution in [-0.2, 0) is 9.53 Å². The number of allylic oxidation sites excluding steroid dienone is 3. The van der Waals surface area contributed by atoms with Gasteiger partial charge in [-0.3, -0.25) is 0 Å². The molecule has 0 aliphatic rings. The highest BCUT2D eigenvalue weighted by Gasteiger charge is 2.04. The third-order valence-electron chi connectivity index (χ3n) is 2.99. The van der Waals surface area contributed by atoms with E-state index in [0.717, 1.165) is 19.3 Å². The van der Waals surface area contributed by atoms with Crippen LogP contribution in [0.2, 0.25) is 0 Å². The molecular weight excluding hydrogens is 236 g/mol. The van der Waals surface area contributed by atoms with Crippen LogP contribution in [-0.4, -0.2) is 13.1 Å². The summed E-state index contributed by atoms with van der Waals surface area (Å²) in [4.78, 5) is 11.4. The van der Waals surface area contributed by atoms with Gasteiger partial charge >= 0.3 is 5.97 Å². The van der Waals surface area contributed by atoms with E-state index in [9.17, 15) is 4.79 Å². The minimum atomic E-state index is -0.248. The molecule has 19 heavy (non-hydrogen) atoms. The van der Waals surface area contributed by atoms with Crippen molar-refractivity contribution in [3.8, 4) is 0 Å². The molecule has 0 aromatic heterocycles. The maximum Gasteiger partial charge on any atom is 0.337 e. The maximum atomic E-state index is 11.4. The van der Waals surface area contributed by atoms with Crippen LogP contribution >= 0.6 is 0 Å². The molecule has 0 spiro atoms. The second-order valence-corrected chi connectivity index (χ2v) is 4.64. The van der Waals surface area contributed by atoms with Gasteiger partial charge in [-0.1, -0.05) is 50.0 Å². The molecule has 0 aromatic rings. The van der Waals surface area contributed by atoms with Crippen molar-refractivity contribution < 1.29 is 9.53 Å². The molecule has 0 heterocycles. The van der Waals surface area contributed by atoms with Crippen molar-refractivity contribution in [2.45, 2.75) is 58.3 Å². The molecule has 0 aromatic carbocycles. The number of carbonyl (C=O) groups excluding carboxylic acids is 1. The van der Waals surface area contributed by atoms with E-state index in [2.05, 4.69) is 6.58 Å². The molecule has 0 fully saturated rings. The Balaban J connectivity index is 3.69. The standard InChI is InChI=1S/C17H28O2/c1-4-6-7-8-9-10-11-12-13-15-16(14-5-2)17(18)19-3/h4-5,14-15H,1,6-13H2,2-3H3/b14-5-,16-15-. The molecule has 0 saturated heterocycles. The second kappa shape index (κ2) is 13.1. The minimum absolute atomic E-state index is 0.248. The predicted octanol–water partition coefficient (Wildman–Crippen LogP) is 4.97. The molecular formula is C17H28O2. The Hall–Kier alpha value is -1.31. The first kappa shape index (κ1) is 17.7. The zero-order chi connectivity index (χ0) is 14.3. The number of unbranched alkanes of at least 4 members (excludes halogenated alkanes) is 7. The third kappa shape index (κ3) is 10.3. The van der Waals surface area contributed by atoms with Gasteiger partial charge in [-0.15, -0.1) is 6.58 Å². The highest BCUT2D eigenvalue weighted by Crippen LogP contribution is 2.10. The summed E-state index contributed by atoms with van der Waals surface area (Å²) in [6.07, 6.45) is 17.2. The number of methoxy groups -OCH3 is 1. The van der Waals surface area contributed by atoms with E-state index >= 15 is 0 Å². The molecule has 0 atom stereocenters. The highest BCUT2D eigenvalue weighted by molar-refractivity contribution is 5.91. The lowest BCUT2D eigenvalue weighted by Crippen LogP contribution is -2.02. The summed E-state index contributed by atoms with van der Waals surface area (Å²) in [5, 5.41) is 0.